The van der Waals surface area contributed by atoms with Crippen molar-refractivity contribution < 1.29 is 9.13 Å². The summed E-state index contributed by atoms with van der Waals surface area (Å²) >= 11 is 0. The van der Waals surface area contributed by atoms with Crippen molar-refractivity contribution in [2.24, 2.45) is 0 Å². The number of H-pyrrole nitrogens is 2. The summed E-state index contributed by atoms with van der Waals surface area (Å²) in [4.78, 5) is 11.1. The first-order valence-corrected chi connectivity index (χ1v) is 12.8. The topological polar surface area (TPSA) is 101 Å². The van der Waals surface area contributed by atoms with E-state index in [9.17, 15) is 14.9 Å². The molecule has 6 nitrogen and oxygen atoms in total. The highest BCUT2D eigenvalue weighted by atomic mass is 19.1. The molecule has 7 heteroatoms. The molecule has 0 unspecified atom stereocenters. The predicted octanol–water partition coefficient (Wildman–Crippen LogP) is 7.76. The van der Waals surface area contributed by atoms with Crippen molar-refractivity contribution in [1.29, 1.82) is 10.5 Å². The lowest BCUT2D eigenvalue weighted by Gasteiger charge is -2.18. The average molecular weight is 536 g/mol. The second-order valence-corrected chi connectivity index (χ2v) is 9.31. The van der Waals surface area contributed by atoms with Gasteiger partial charge < -0.3 is 14.7 Å². The zero-order valence-electron chi connectivity index (χ0n) is 21.9. The Labute approximate surface area is 235 Å². The zero-order valence-corrected chi connectivity index (χ0v) is 21.9. The van der Waals surface area contributed by atoms with Gasteiger partial charge in [0.2, 0.25) is 0 Å². The number of allylic oxidation sites excluding steroid dienone is 4. The second kappa shape index (κ2) is 10.7. The van der Waals surface area contributed by atoms with Crippen molar-refractivity contribution in [3.63, 3.8) is 0 Å². The summed E-state index contributed by atoms with van der Waals surface area (Å²) in [5.74, 6) is 0.229. The van der Waals surface area contributed by atoms with Crippen LogP contribution in [0.4, 0.5) is 4.39 Å². The Morgan fingerprint density at radius 2 is 1.41 bits per heavy atom. The summed E-state index contributed by atoms with van der Waals surface area (Å²) in [6.07, 6.45) is 5.19. The predicted molar refractivity (Wildman–Crippen MR) is 159 cm³/mol. The number of benzene rings is 3. The van der Waals surface area contributed by atoms with E-state index in [1.54, 1.807) is 50.0 Å². The van der Waals surface area contributed by atoms with Crippen molar-refractivity contribution in [1.82, 2.24) is 15.0 Å². The summed E-state index contributed by atoms with van der Waals surface area (Å²) in [6, 6.07) is 29.4. The molecule has 41 heavy (non-hydrogen) atoms. The Balaban J connectivity index is 1.79. The van der Waals surface area contributed by atoms with Gasteiger partial charge in [-0.05, 0) is 54.1 Å². The quantitative estimate of drug-likeness (QED) is 0.168. The lowest BCUT2D eigenvalue weighted by Crippen LogP contribution is -2.01. The molecule has 3 aromatic heterocycles. The number of fused-ring (bicyclic) bond motifs is 2. The van der Waals surface area contributed by atoms with Crippen molar-refractivity contribution >= 4 is 44.1 Å². The first kappa shape index (κ1) is 25.4. The molecule has 0 saturated carbocycles. The number of aromatic amines is 2. The number of hydrogen-bond donors (Lipinski definition) is 2. The van der Waals surface area contributed by atoms with Gasteiger partial charge in [-0.15, -0.1) is 0 Å². The number of para-hydroxylation sites is 1. The molecule has 0 atom stereocenters. The molecule has 3 heterocycles. The van der Waals surface area contributed by atoms with Crippen LogP contribution in [0.5, 0.6) is 5.75 Å². The Morgan fingerprint density at radius 1 is 0.756 bits per heavy atom. The van der Waals surface area contributed by atoms with Crippen molar-refractivity contribution in [2.45, 2.75) is 0 Å². The summed E-state index contributed by atoms with van der Waals surface area (Å²) in [5.41, 5.74) is 5.56. The molecule has 0 aliphatic carbocycles. The van der Waals surface area contributed by atoms with Crippen LogP contribution in [-0.4, -0.2) is 22.1 Å². The second-order valence-electron chi connectivity index (χ2n) is 9.31. The number of nitrogens with one attached hydrogen (secondary N) is 2. The number of hydrogen-bond acceptors (Lipinski definition) is 4. The van der Waals surface area contributed by atoms with Crippen LogP contribution in [0, 0.1) is 28.5 Å². The minimum absolute atomic E-state index is 0.301. The van der Waals surface area contributed by atoms with E-state index in [0.29, 0.717) is 50.4 Å². The number of methoxy groups -OCH3 is 1. The van der Waals surface area contributed by atoms with Gasteiger partial charge in [-0.3, -0.25) is 4.98 Å². The van der Waals surface area contributed by atoms with Crippen LogP contribution < -0.4 is 4.74 Å². The van der Waals surface area contributed by atoms with Crippen molar-refractivity contribution in [3.8, 4) is 17.9 Å². The molecular weight excluding hydrogens is 513 g/mol. The number of aromatic nitrogens is 3. The van der Waals surface area contributed by atoms with E-state index in [4.69, 9.17) is 4.74 Å². The highest BCUT2D eigenvalue weighted by Crippen LogP contribution is 2.43. The van der Waals surface area contributed by atoms with Gasteiger partial charge in [0.05, 0.1) is 23.9 Å². The fourth-order valence-electron chi connectivity index (χ4n) is 5.14. The molecule has 0 radical (unpaired) electrons. The van der Waals surface area contributed by atoms with Crippen molar-refractivity contribution in [2.75, 3.05) is 7.11 Å². The molecule has 6 rings (SSSR count). The van der Waals surface area contributed by atoms with Gasteiger partial charge in [0, 0.05) is 62.7 Å². The fraction of sp³-hybridized carbons (Fsp3) is 0.0294. The Hall–Kier alpha value is -5.92. The summed E-state index contributed by atoms with van der Waals surface area (Å²) < 4.78 is 19.6. The molecule has 196 valence electrons. The lowest BCUT2D eigenvalue weighted by atomic mass is 9.84. The van der Waals surface area contributed by atoms with E-state index < -0.39 is 5.82 Å². The monoisotopic (exact) mass is 535 g/mol. The molecule has 0 fully saturated rings. The minimum atomic E-state index is -0.411. The van der Waals surface area contributed by atoms with Crippen LogP contribution in [0.25, 0.3) is 44.1 Å². The maximum Gasteiger partial charge on any atom is 0.123 e. The zero-order chi connectivity index (χ0) is 28.3. The SMILES string of the molecule is COc1ccc2[nH]cc(/C(C#N)=C(\C(=C(/C#N)c3c[nH]c4ccccc34)c3ccc(F)cc3)c3ccccn3)c2c1. The standard InChI is InChI=1S/C34H22FN5O/c1-41-23-13-14-31-25(16-23)29(20-40-31)27(18-37)34(32-8-4-5-15-38-32)33(21-9-11-22(35)12-10-21)26(17-36)28-19-39-30-7-3-2-6-24(28)30/h2-16,19-20,39-40H,1H3/b33-26+,34-27-. The van der Waals surface area contributed by atoms with Crippen LogP contribution in [0.2, 0.25) is 0 Å². The number of nitriles is 2. The molecule has 0 saturated heterocycles. The van der Waals surface area contributed by atoms with E-state index in [0.717, 1.165) is 21.8 Å². The van der Waals surface area contributed by atoms with Gasteiger partial charge in [-0.1, -0.05) is 36.4 Å². The number of pyridine rings is 1. The fourth-order valence-corrected chi connectivity index (χ4v) is 5.14. The Morgan fingerprint density at radius 3 is 2.10 bits per heavy atom. The molecule has 0 amide bonds. The number of ether oxygens (including phenoxy) is 1. The molecule has 0 aliphatic heterocycles. The first-order chi connectivity index (χ1) is 20.1. The third-order valence-corrected chi connectivity index (χ3v) is 7.04. The highest BCUT2D eigenvalue weighted by molar-refractivity contribution is 6.27. The average Bonchev–Trinajstić information content (AvgIpc) is 3.64. The number of nitrogens with zero attached hydrogens (tertiary/aromatic N) is 3. The maximum absolute atomic E-state index is 14.2. The third-order valence-electron chi connectivity index (χ3n) is 7.04. The van der Waals surface area contributed by atoms with Crippen LogP contribution >= 0.6 is 0 Å². The molecule has 3 aromatic carbocycles. The number of halogens is 1. The normalized spacial score (nSPS) is 12.4. The van der Waals surface area contributed by atoms with Crippen LogP contribution in [0.1, 0.15) is 22.4 Å². The summed E-state index contributed by atoms with van der Waals surface area (Å²) in [6.45, 7) is 0. The molecule has 6 aromatic rings. The van der Waals surface area contributed by atoms with Crippen LogP contribution in [0.3, 0.4) is 0 Å². The summed E-state index contributed by atoms with van der Waals surface area (Å²) in [5, 5.41) is 23.1. The molecule has 0 bridgehead atoms. The largest absolute Gasteiger partial charge is 0.497 e. The van der Waals surface area contributed by atoms with Crippen LogP contribution in [-0.2, 0) is 0 Å². The molecule has 2 N–H and O–H groups in total. The summed E-state index contributed by atoms with van der Waals surface area (Å²) in [7, 11) is 1.59. The van der Waals surface area contributed by atoms with E-state index >= 15 is 0 Å². The molecule has 0 spiro atoms. The van der Waals surface area contributed by atoms with Gasteiger partial charge in [0.1, 0.15) is 23.7 Å². The van der Waals surface area contributed by atoms with Gasteiger partial charge >= 0.3 is 0 Å². The smallest absolute Gasteiger partial charge is 0.123 e. The lowest BCUT2D eigenvalue weighted by molar-refractivity contribution is 0.415. The van der Waals surface area contributed by atoms with Crippen molar-refractivity contribution in [3.05, 3.63) is 132 Å². The van der Waals surface area contributed by atoms with E-state index in [2.05, 4.69) is 27.1 Å². The number of rotatable bonds is 6. The molecular formula is C34H22FN5O. The third kappa shape index (κ3) is 4.52. The highest BCUT2D eigenvalue weighted by Gasteiger charge is 2.26. The van der Waals surface area contributed by atoms with Gasteiger partial charge in [-0.2, -0.15) is 10.5 Å². The van der Waals surface area contributed by atoms with E-state index in [-0.39, 0.29) is 0 Å². The van der Waals surface area contributed by atoms with Gasteiger partial charge in [0.15, 0.2) is 0 Å². The van der Waals surface area contributed by atoms with E-state index in [1.165, 1.54) is 12.1 Å². The Bertz CT molecular complexity index is 2050. The van der Waals surface area contributed by atoms with Crippen LogP contribution in [0.15, 0.2) is 104 Å². The van der Waals surface area contributed by atoms with Gasteiger partial charge in [0.25, 0.3) is 0 Å². The van der Waals surface area contributed by atoms with E-state index in [1.807, 2.05) is 48.5 Å². The Kier molecular flexibility index (Phi) is 6.61. The first-order valence-electron chi connectivity index (χ1n) is 12.8. The maximum atomic E-state index is 14.2. The molecule has 0 aliphatic rings. The van der Waals surface area contributed by atoms with Gasteiger partial charge in [-0.25, -0.2) is 4.39 Å². The minimum Gasteiger partial charge on any atom is -0.497 e.